The number of hydrogen-bond acceptors (Lipinski definition) is 10. The largest absolute Gasteiger partial charge is 0.397 e. The first-order valence-corrected chi connectivity index (χ1v) is 9.59. The van der Waals surface area contributed by atoms with E-state index >= 15 is 0 Å². The first-order chi connectivity index (χ1) is 14.6. The van der Waals surface area contributed by atoms with Gasteiger partial charge in [-0.3, -0.25) is 10.6 Å². The van der Waals surface area contributed by atoms with Gasteiger partial charge in [0.2, 0.25) is 5.95 Å². The van der Waals surface area contributed by atoms with Crippen molar-refractivity contribution in [2.75, 3.05) is 34.5 Å². The van der Waals surface area contributed by atoms with E-state index in [0.717, 1.165) is 25.9 Å². The summed E-state index contributed by atoms with van der Waals surface area (Å²) in [6.45, 7) is 1.50. The fraction of sp³-hybridized carbons (Fsp3) is 0.316. The normalized spacial score (nSPS) is 14.5. The van der Waals surface area contributed by atoms with E-state index in [9.17, 15) is 4.79 Å². The number of anilines is 5. The van der Waals surface area contributed by atoms with Crippen LogP contribution < -0.4 is 32.8 Å². The molecule has 1 fully saturated rings. The first-order valence-electron chi connectivity index (χ1n) is 9.59. The van der Waals surface area contributed by atoms with E-state index in [4.69, 9.17) is 16.8 Å². The van der Waals surface area contributed by atoms with Crippen LogP contribution in [0.3, 0.4) is 0 Å². The molecule has 0 saturated carbocycles. The van der Waals surface area contributed by atoms with E-state index in [1.54, 1.807) is 18.2 Å². The van der Waals surface area contributed by atoms with Gasteiger partial charge in [0.05, 0.1) is 23.6 Å². The summed E-state index contributed by atoms with van der Waals surface area (Å²) in [5.41, 5.74) is 10.3. The Labute approximate surface area is 172 Å². The molecule has 0 unspecified atom stereocenters. The molecule has 0 radical (unpaired) electrons. The van der Waals surface area contributed by atoms with Crippen LogP contribution in [0, 0.1) is 17.2 Å². The van der Waals surface area contributed by atoms with E-state index in [1.165, 1.54) is 6.20 Å². The highest BCUT2D eigenvalue weighted by molar-refractivity contribution is 5.91. The zero-order valence-corrected chi connectivity index (χ0v) is 16.2. The van der Waals surface area contributed by atoms with Gasteiger partial charge in [0.1, 0.15) is 16.7 Å². The van der Waals surface area contributed by atoms with Crippen molar-refractivity contribution in [2.24, 2.45) is 11.8 Å². The van der Waals surface area contributed by atoms with Gasteiger partial charge in [0, 0.05) is 25.2 Å². The molecule has 3 aromatic rings. The summed E-state index contributed by atoms with van der Waals surface area (Å²) >= 11 is 0. The topological polar surface area (TPSA) is 175 Å². The highest BCUT2D eigenvalue weighted by Gasteiger charge is 2.22. The Morgan fingerprint density at radius 3 is 2.80 bits per heavy atom. The molecule has 11 nitrogen and oxygen atoms in total. The summed E-state index contributed by atoms with van der Waals surface area (Å²) in [6.07, 6.45) is 3.86. The molecular weight excluding hydrogens is 384 g/mol. The maximum atomic E-state index is 12.4. The van der Waals surface area contributed by atoms with Crippen LogP contribution in [0.2, 0.25) is 0 Å². The summed E-state index contributed by atoms with van der Waals surface area (Å²) < 4.78 is 0. The molecule has 3 heterocycles. The number of fused-ring (bicyclic) bond motifs is 1. The van der Waals surface area contributed by atoms with Crippen molar-refractivity contribution in [2.45, 2.75) is 19.3 Å². The van der Waals surface area contributed by atoms with Crippen LogP contribution in [0.5, 0.6) is 0 Å². The van der Waals surface area contributed by atoms with Crippen LogP contribution in [0.4, 0.5) is 28.8 Å². The zero-order chi connectivity index (χ0) is 21.1. The number of nitrogens with zero attached hydrogens (tertiary/aromatic N) is 5. The number of hydrogen-bond donors (Lipinski definition) is 5. The predicted molar refractivity (Wildman–Crippen MR) is 115 cm³/mol. The molecule has 1 saturated heterocycles. The number of rotatable bonds is 5. The van der Waals surface area contributed by atoms with Gasteiger partial charge in [-0.2, -0.15) is 15.3 Å². The Hall–Kier alpha value is -3.91. The Balaban J connectivity index is 1.70. The van der Waals surface area contributed by atoms with Crippen molar-refractivity contribution in [1.82, 2.24) is 20.2 Å². The number of nitrogens with two attached hydrogens (primary N) is 2. The molecule has 2 aromatic heterocycles. The van der Waals surface area contributed by atoms with Crippen LogP contribution in [-0.4, -0.2) is 33.3 Å². The van der Waals surface area contributed by atoms with E-state index < -0.39 is 0 Å². The van der Waals surface area contributed by atoms with E-state index in [0.29, 0.717) is 52.1 Å². The highest BCUT2D eigenvalue weighted by atomic mass is 16.1. The predicted octanol–water partition coefficient (Wildman–Crippen LogP) is 1.45. The van der Waals surface area contributed by atoms with Gasteiger partial charge in [0.25, 0.3) is 5.56 Å². The molecule has 0 aliphatic carbocycles. The number of nitriles is 1. The smallest absolute Gasteiger partial charge is 0.277 e. The molecule has 0 spiro atoms. The number of aromatic amines is 1. The maximum absolute atomic E-state index is 12.4. The number of nitrogens with one attached hydrogen (secondary N) is 3. The van der Waals surface area contributed by atoms with Crippen molar-refractivity contribution >= 4 is 39.7 Å². The van der Waals surface area contributed by atoms with Gasteiger partial charge in [0.15, 0.2) is 0 Å². The maximum Gasteiger partial charge on any atom is 0.277 e. The third-order valence-electron chi connectivity index (χ3n) is 5.25. The summed E-state index contributed by atoms with van der Waals surface area (Å²) in [6, 6.07) is 7.45. The number of benzene rings is 1. The molecule has 0 amide bonds. The summed E-state index contributed by atoms with van der Waals surface area (Å²) in [4.78, 5) is 23.7. The van der Waals surface area contributed by atoms with E-state index in [2.05, 4.69) is 41.9 Å². The van der Waals surface area contributed by atoms with Gasteiger partial charge < -0.3 is 21.4 Å². The summed E-state index contributed by atoms with van der Waals surface area (Å²) in [5, 5.41) is 18.7. The molecule has 30 heavy (non-hydrogen) atoms. The fourth-order valence-electron chi connectivity index (χ4n) is 3.60. The van der Waals surface area contributed by atoms with Gasteiger partial charge >= 0.3 is 0 Å². The van der Waals surface area contributed by atoms with Crippen molar-refractivity contribution in [3.8, 4) is 6.07 Å². The van der Waals surface area contributed by atoms with E-state index in [1.807, 2.05) is 0 Å². The van der Waals surface area contributed by atoms with Crippen LogP contribution in [0.15, 0.2) is 29.2 Å². The minimum Gasteiger partial charge on any atom is -0.397 e. The molecule has 1 aliphatic heterocycles. The van der Waals surface area contributed by atoms with Gasteiger partial charge in [-0.15, -0.1) is 0 Å². The SMILES string of the molecule is N#CCC1CCN(c2nc(Nc3ccc(NN)c(N)c3)c3c(=O)[nH]ncc3n2)CC1. The number of hydrazine groups is 1. The fourth-order valence-corrected chi connectivity index (χ4v) is 3.60. The minimum absolute atomic E-state index is 0.313. The minimum atomic E-state index is -0.387. The summed E-state index contributed by atoms with van der Waals surface area (Å²) in [5.74, 6) is 6.71. The number of piperidine rings is 1. The van der Waals surface area contributed by atoms with E-state index in [-0.39, 0.29) is 5.56 Å². The van der Waals surface area contributed by atoms with Crippen molar-refractivity contribution in [3.05, 3.63) is 34.7 Å². The lowest BCUT2D eigenvalue weighted by molar-refractivity contribution is 0.409. The Morgan fingerprint density at radius 2 is 2.10 bits per heavy atom. The van der Waals surface area contributed by atoms with Crippen LogP contribution in [-0.2, 0) is 0 Å². The lowest BCUT2D eigenvalue weighted by Crippen LogP contribution is -2.35. The Bertz CT molecular complexity index is 1160. The molecule has 7 N–H and O–H groups in total. The summed E-state index contributed by atoms with van der Waals surface area (Å²) in [7, 11) is 0. The second-order valence-corrected chi connectivity index (χ2v) is 7.20. The molecule has 154 valence electrons. The molecule has 1 aromatic carbocycles. The lowest BCUT2D eigenvalue weighted by Gasteiger charge is -2.31. The van der Waals surface area contributed by atoms with Crippen LogP contribution in [0.25, 0.3) is 10.9 Å². The average Bonchev–Trinajstić information content (AvgIpc) is 2.74. The zero-order valence-electron chi connectivity index (χ0n) is 16.2. The third-order valence-corrected chi connectivity index (χ3v) is 5.25. The molecular formula is C19H22N10O. The number of H-pyrrole nitrogens is 1. The monoisotopic (exact) mass is 406 g/mol. The lowest BCUT2D eigenvalue weighted by atomic mass is 9.94. The molecule has 0 bridgehead atoms. The van der Waals surface area contributed by atoms with Crippen molar-refractivity contribution in [3.63, 3.8) is 0 Å². The van der Waals surface area contributed by atoms with Crippen LogP contribution in [0.1, 0.15) is 19.3 Å². The highest BCUT2D eigenvalue weighted by Crippen LogP contribution is 2.29. The second-order valence-electron chi connectivity index (χ2n) is 7.20. The van der Waals surface area contributed by atoms with Gasteiger partial charge in [-0.05, 0) is 37.0 Å². The second kappa shape index (κ2) is 8.22. The number of nitrogen functional groups attached to an aromatic ring is 2. The average molecular weight is 406 g/mol. The molecule has 11 heteroatoms. The van der Waals surface area contributed by atoms with Crippen LogP contribution >= 0.6 is 0 Å². The van der Waals surface area contributed by atoms with Crippen molar-refractivity contribution < 1.29 is 0 Å². The van der Waals surface area contributed by atoms with Gasteiger partial charge in [-0.25, -0.2) is 10.1 Å². The number of aromatic nitrogens is 4. The molecule has 4 rings (SSSR count). The standard InChI is InChI=1S/C19H22N10O/c20-6-3-11-4-7-29(8-5-11)19-25-15-10-23-28-18(30)16(15)17(26-19)24-12-1-2-14(27-22)13(21)9-12/h1-2,9-11,27H,3-5,7-8,21-22H2,(H,28,30)(H,24,25,26). The Kier molecular flexibility index (Phi) is 5.32. The van der Waals surface area contributed by atoms with Crippen molar-refractivity contribution in [1.29, 1.82) is 5.26 Å². The Morgan fingerprint density at radius 1 is 1.30 bits per heavy atom. The molecule has 1 aliphatic rings. The first kappa shape index (κ1) is 19.4. The van der Waals surface area contributed by atoms with Gasteiger partial charge in [-0.1, -0.05) is 0 Å². The third kappa shape index (κ3) is 3.81. The molecule has 0 atom stereocenters. The quantitative estimate of drug-likeness (QED) is 0.237.